The minimum absolute atomic E-state index is 0.248. The standard InChI is InChI=1S/C21H23N5O2/c1-14-12-24-17-18(22-20(24)26(14)16-10-6-7-11-16)23(2)21(28)25(19(17)27)13-15-8-4-3-5-9-15/h3-5,8-9,12,16H,6-7,10-11,13H2,1-2H3. The van der Waals surface area contributed by atoms with Gasteiger partial charge in [-0.25, -0.2) is 4.79 Å². The maximum Gasteiger partial charge on any atom is 0.332 e. The molecule has 7 heteroatoms. The Bertz CT molecular complexity index is 1300. The zero-order valence-corrected chi connectivity index (χ0v) is 16.1. The number of aryl methyl sites for hydroxylation is 2. The molecular formula is C21H23N5O2. The van der Waals surface area contributed by atoms with Gasteiger partial charge in [0.1, 0.15) is 0 Å². The van der Waals surface area contributed by atoms with Gasteiger partial charge in [0.25, 0.3) is 5.56 Å². The second-order valence-corrected chi connectivity index (χ2v) is 7.75. The second kappa shape index (κ2) is 6.22. The molecule has 0 N–H and O–H groups in total. The number of rotatable bonds is 3. The predicted octanol–water partition coefficient (Wildman–Crippen LogP) is 2.62. The van der Waals surface area contributed by atoms with E-state index in [4.69, 9.17) is 4.98 Å². The van der Waals surface area contributed by atoms with Gasteiger partial charge in [0, 0.05) is 25.0 Å². The summed E-state index contributed by atoms with van der Waals surface area (Å²) in [6, 6.07) is 9.99. The Morgan fingerprint density at radius 2 is 1.82 bits per heavy atom. The highest BCUT2D eigenvalue weighted by atomic mass is 16.2. The molecule has 1 aliphatic rings. The van der Waals surface area contributed by atoms with E-state index in [0.717, 1.165) is 29.9 Å². The number of imidazole rings is 2. The van der Waals surface area contributed by atoms with Crippen LogP contribution >= 0.6 is 0 Å². The number of aromatic nitrogens is 5. The molecule has 144 valence electrons. The minimum atomic E-state index is -0.341. The fraction of sp³-hybridized carbons (Fsp3) is 0.381. The molecule has 1 fully saturated rings. The van der Waals surface area contributed by atoms with Crippen molar-refractivity contribution in [1.29, 1.82) is 0 Å². The predicted molar refractivity (Wildman–Crippen MR) is 108 cm³/mol. The first kappa shape index (κ1) is 17.0. The number of hydrogen-bond donors (Lipinski definition) is 0. The molecule has 4 aromatic rings. The zero-order valence-electron chi connectivity index (χ0n) is 16.1. The van der Waals surface area contributed by atoms with Gasteiger partial charge in [-0.1, -0.05) is 43.2 Å². The Labute approximate surface area is 161 Å². The van der Waals surface area contributed by atoms with Gasteiger partial charge < -0.3 is 4.57 Å². The Balaban J connectivity index is 1.78. The lowest BCUT2D eigenvalue weighted by Gasteiger charge is -2.13. The molecule has 0 saturated heterocycles. The average molecular weight is 377 g/mol. The number of nitrogens with zero attached hydrogens (tertiary/aromatic N) is 5. The summed E-state index contributed by atoms with van der Waals surface area (Å²) in [5, 5.41) is 0. The summed E-state index contributed by atoms with van der Waals surface area (Å²) in [4.78, 5) is 30.9. The van der Waals surface area contributed by atoms with E-state index in [-0.39, 0.29) is 17.8 Å². The number of hydrogen-bond acceptors (Lipinski definition) is 3. The van der Waals surface area contributed by atoms with Crippen LogP contribution in [0.15, 0.2) is 46.1 Å². The zero-order chi connectivity index (χ0) is 19.4. The van der Waals surface area contributed by atoms with Crippen molar-refractivity contribution in [3.8, 4) is 0 Å². The highest BCUT2D eigenvalue weighted by molar-refractivity contribution is 5.75. The molecular weight excluding hydrogens is 354 g/mol. The summed E-state index contributed by atoms with van der Waals surface area (Å²) < 4.78 is 6.89. The van der Waals surface area contributed by atoms with Crippen molar-refractivity contribution < 1.29 is 0 Å². The van der Waals surface area contributed by atoms with Crippen LogP contribution in [0.3, 0.4) is 0 Å². The second-order valence-electron chi connectivity index (χ2n) is 7.75. The summed E-state index contributed by atoms with van der Waals surface area (Å²) in [7, 11) is 1.69. The molecule has 1 aliphatic carbocycles. The van der Waals surface area contributed by atoms with Crippen molar-refractivity contribution in [3.63, 3.8) is 0 Å². The summed E-state index contributed by atoms with van der Waals surface area (Å²) in [5.41, 5.74) is 2.29. The van der Waals surface area contributed by atoms with Crippen molar-refractivity contribution in [2.45, 2.75) is 45.2 Å². The quantitative estimate of drug-likeness (QED) is 0.551. The van der Waals surface area contributed by atoms with Gasteiger partial charge in [-0.2, -0.15) is 4.98 Å². The summed E-state index contributed by atoms with van der Waals surface area (Å²) in [5.74, 6) is 0.754. The maximum absolute atomic E-state index is 13.3. The van der Waals surface area contributed by atoms with Gasteiger partial charge in [0.15, 0.2) is 11.2 Å². The lowest BCUT2D eigenvalue weighted by molar-refractivity contribution is 0.520. The first-order valence-corrected chi connectivity index (χ1v) is 9.79. The van der Waals surface area contributed by atoms with E-state index in [1.807, 2.05) is 40.9 Å². The van der Waals surface area contributed by atoms with Crippen LogP contribution in [0.1, 0.15) is 43.0 Å². The Morgan fingerprint density at radius 1 is 1.11 bits per heavy atom. The molecule has 0 radical (unpaired) electrons. The molecule has 7 nitrogen and oxygen atoms in total. The number of benzene rings is 1. The van der Waals surface area contributed by atoms with Crippen LogP contribution in [-0.4, -0.2) is 23.1 Å². The van der Waals surface area contributed by atoms with Crippen LogP contribution in [-0.2, 0) is 13.6 Å². The van der Waals surface area contributed by atoms with Gasteiger partial charge in [-0.15, -0.1) is 0 Å². The first-order valence-electron chi connectivity index (χ1n) is 9.79. The van der Waals surface area contributed by atoms with Gasteiger partial charge in [0.05, 0.1) is 6.54 Å². The molecule has 28 heavy (non-hydrogen) atoms. The fourth-order valence-corrected chi connectivity index (χ4v) is 4.55. The Kier molecular flexibility index (Phi) is 3.79. The molecule has 0 amide bonds. The van der Waals surface area contributed by atoms with Gasteiger partial charge in [0.2, 0.25) is 5.78 Å². The highest BCUT2D eigenvalue weighted by Gasteiger charge is 2.25. The minimum Gasteiger partial charge on any atom is -0.311 e. The SMILES string of the molecule is Cc1cn2c3c(=O)n(Cc4ccccc4)c(=O)n(C)c3nc2n1C1CCCC1. The maximum atomic E-state index is 13.3. The van der Waals surface area contributed by atoms with Crippen LogP contribution in [0.5, 0.6) is 0 Å². The lowest BCUT2D eigenvalue weighted by Crippen LogP contribution is -2.39. The fourth-order valence-electron chi connectivity index (χ4n) is 4.55. The largest absolute Gasteiger partial charge is 0.332 e. The summed E-state index contributed by atoms with van der Waals surface area (Å²) in [6.07, 6.45) is 6.67. The third-order valence-corrected chi connectivity index (χ3v) is 5.94. The Hall–Kier alpha value is -3.09. The smallest absolute Gasteiger partial charge is 0.311 e. The third kappa shape index (κ3) is 2.38. The van der Waals surface area contributed by atoms with Crippen LogP contribution in [0.2, 0.25) is 0 Å². The van der Waals surface area contributed by atoms with Crippen molar-refractivity contribution in [1.82, 2.24) is 23.1 Å². The van der Waals surface area contributed by atoms with Crippen molar-refractivity contribution in [3.05, 3.63) is 68.6 Å². The van der Waals surface area contributed by atoms with E-state index in [0.29, 0.717) is 17.2 Å². The Morgan fingerprint density at radius 3 is 2.54 bits per heavy atom. The van der Waals surface area contributed by atoms with Crippen molar-refractivity contribution >= 4 is 16.9 Å². The number of fused-ring (bicyclic) bond motifs is 3. The van der Waals surface area contributed by atoms with E-state index in [9.17, 15) is 9.59 Å². The van der Waals surface area contributed by atoms with E-state index in [1.165, 1.54) is 22.0 Å². The molecule has 0 spiro atoms. The molecule has 0 atom stereocenters. The van der Waals surface area contributed by atoms with E-state index >= 15 is 0 Å². The molecule has 3 aromatic heterocycles. The normalized spacial score (nSPS) is 15.2. The first-order chi connectivity index (χ1) is 13.6. The molecule has 0 unspecified atom stereocenters. The molecule has 1 aromatic carbocycles. The molecule has 0 bridgehead atoms. The van der Waals surface area contributed by atoms with Crippen molar-refractivity contribution in [2.75, 3.05) is 0 Å². The third-order valence-electron chi connectivity index (χ3n) is 5.94. The van der Waals surface area contributed by atoms with Gasteiger partial charge in [-0.05, 0) is 25.3 Å². The van der Waals surface area contributed by atoms with E-state index < -0.39 is 0 Å². The summed E-state index contributed by atoms with van der Waals surface area (Å²) in [6.45, 7) is 2.31. The van der Waals surface area contributed by atoms with Crippen molar-refractivity contribution in [2.24, 2.45) is 7.05 Å². The van der Waals surface area contributed by atoms with Gasteiger partial charge >= 0.3 is 5.69 Å². The molecule has 1 saturated carbocycles. The molecule has 5 rings (SSSR count). The topological polar surface area (TPSA) is 66.2 Å². The van der Waals surface area contributed by atoms with E-state index in [2.05, 4.69) is 11.5 Å². The summed E-state index contributed by atoms with van der Waals surface area (Å²) >= 11 is 0. The molecule has 3 heterocycles. The lowest BCUT2D eigenvalue weighted by atomic mass is 10.2. The van der Waals surface area contributed by atoms with Crippen LogP contribution in [0, 0.1) is 6.92 Å². The van der Waals surface area contributed by atoms with Crippen LogP contribution in [0.25, 0.3) is 16.9 Å². The molecule has 0 aliphatic heterocycles. The monoisotopic (exact) mass is 377 g/mol. The van der Waals surface area contributed by atoms with Crippen LogP contribution < -0.4 is 11.2 Å². The highest BCUT2D eigenvalue weighted by Crippen LogP contribution is 2.33. The van der Waals surface area contributed by atoms with Crippen LogP contribution in [0.4, 0.5) is 0 Å². The van der Waals surface area contributed by atoms with E-state index in [1.54, 1.807) is 7.05 Å². The van der Waals surface area contributed by atoms with Gasteiger partial charge in [-0.3, -0.25) is 18.3 Å². The average Bonchev–Trinajstić information content (AvgIpc) is 3.40.